The summed E-state index contributed by atoms with van der Waals surface area (Å²) in [5.41, 5.74) is 4.32. The lowest BCUT2D eigenvalue weighted by atomic mass is 10.0. The van der Waals surface area contributed by atoms with Crippen molar-refractivity contribution >= 4 is 32.6 Å². The molecule has 5 aromatic rings. The monoisotopic (exact) mass is 545 g/mol. The van der Waals surface area contributed by atoms with Gasteiger partial charge in [-0.15, -0.1) is 0 Å². The van der Waals surface area contributed by atoms with Crippen molar-refractivity contribution in [1.29, 1.82) is 0 Å². The molecular formula is C29H27N3O4S2. The van der Waals surface area contributed by atoms with E-state index in [1.807, 2.05) is 78.9 Å². The Hall–Kier alpha value is -3.79. The van der Waals surface area contributed by atoms with Gasteiger partial charge in [-0.3, -0.25) is 0 Å². The highest BCUT2D eigenvalue weighted by Gasteiger charge is 2.19. The summed E-state index contributed by atoms with van der Waals surface area (Å²) in [4.78, 5) is 8.55. The van der Waals surface area contributed by atoms with E-state index in [2.05, 4.69) is 4.98 Å². The van der Waals surface area contributed by atoms with Gasteiger partial charge in [-0.1, -0.05) is 48.2 Å². The maximum absolute atomic E-state index is 12.5. The first-order chi connectivity index (χ1) is 18.4. The van der Waals surface area contributed by atoms with E-state index in [1.165, 1.54) is 11.8 Å². The highest BCUT2D eigenvalue weighted by molar-refractivity contribution is 7.99. The van der Waals surface area contributed by atoms with Crippen LogP contribution in [0.1, 0.15) is 5.56 Å². The molecule has 0 aliphatic carbocycles. The number of benzene rings is 4. The number of ether oxygens (including phenoxy) is 2. The van der Waals surface area contributed by atoms with Crippen molar-refractivity contribution in [1.82, 2.24) is 9.97 Å². The van der Waals surface area contributed by atoms with Crippen LogP contribution in [0.4, 0.5) is 0 Å². The molecule has 3 N–H and O–H groups in total. The number of hydrogen-bond donors (Lipinski definition) is 2. The fourth-order valence-corrected chi connectivity index (χ4v) is 6.30. The van der Waals surface area contributed by atoms with Gasteiger partial charge in [-0.05, 0) is 65.9 Å². The zero-order valence-corrected chi connectivity index (χ0v) is 22.6. The Kier molecular flexibility index (Phi) is 7.42. The first-order valence-corrected chi connectivity index (χ1v) is 14.5. The SMILES string of the molecule is COc1ccc(-c2nc(SCCc3ccc4ccccc4c3S(N)(=O)=O)[nH]c2-c2ccc(OC)cc2)cc1. The highest BCUT2D eigenvalue weighted by atomic mass is 32.2. The van der Waals surface area contributed by atoms with Crippen molar-refractivity contribution in [3.05, 3.63) is 90.5 Å². The molecule has 0 unspecified atom stereocenters. The molecule has 0 bridgehead atoms. The van der Waals surface area contributed by atoms with Crippen LogP contribution >= 0.6 is 11.8 Å². The number of nitrogens with one attached hydrogen (secondary N) is 1. The van der Waals surface area contributed by atoms with Gasteiger partial charge >= 0.3 is 0 Å². The van der Waals surface area contributed by atoms with Gasteiger partial charge in [0.2, 0.25) is 10.0 Å². The molecule has 0 spiro atoms. The van der Waals surface area contributed by atoms with Gasteiger partial charge in [0.25, 0.3) is 0 Å². The molecule has 38 heavy (non-hydrogen) atoms. The third-order valence-electron chi connectivity index (χ3n) is 6.28. The van der Waals surface area contributed by atoms with Crippen molar-refractivity contribution in [3.8, 4) is 34.0 Å². The molecule has 4 aromatic carbocycles. The van der Waals surface area contributed by atoms with Crippen LogP contribution in [0.25, 0.3) is 33.3 Å². The summed E-state index contributed by atoms with van der Waals surface area (Å²) in [6.45, 7) is 0. The number of nitrogens with zero attached hydrogens (tertiary/aromatic N) is 1. The Balaban J connectivity index is 1.44. The van der Waals surface area contributed by atoms with Gasteiger partial charge in [0.05, 0.1) is 30.5 Å². The molecular weight excluding hydrogens is 518 g/mol. The zero-order chi connectivity index (χ0) is 26.7. The Morgan fingerprint density at radius 3 is 2.11 bits per heavy atom. The number of aromatic amines is 1. The van der Waals surface area contributed by atoms with Gasteiger partial charge in [-0.25, -0.2) is 18.5 Å². The molecule has 0 fully saturated rings. The Morgan fingerprint density at radius 1 is 0.842 bits per heavy atom. The lowest BCUT2D eigenvalue weighted by molar-refractivity contribution is 0.414. The van der Waals surface area contributed by atoms with E-state index in [0.717, 1.165) is 44.6 Å². The molecule has 0 atom stereocenters. The number of methoxy groups -OCH3 is 2. The number of aryl methyl sites for hydroxylation is 1. The Labute approximate surface area is 226 Å². The average Bonchev–Trinajstić information content (AvgIpc) is 3.36. The number of nitrogens with two attached hydrogens (primary N) is 1. The number of sulfonamides is 1. The summed E-state index contributed by atoms with van der Waals surface area (Å²) in [5, 5.41) is 7.84. The van der Waals surface area contributed by atoms with Gasteiger partial charge < -0.3 is 14.5 Å². The van der Waals surface area contributed by atoms with Gasteiger partial charge in [0, 0.05) is 22.3 Å². The van der Waals surface area contributed by atoms with Crippen LogP contribution in [0.15, 0.2) is 95.0 Å². The first kappa shape index (κ1) is 25.8. The van der Waals surface area contributed by atoms with Crippen molar-refractivity contribution in [3.63, 3.8) is 0 Å². The van der Waals surface area contributed by atoms with Crippen LogP contribution in [-0.2, 0) is 16.4 Å². The number of hydrogen-bond acceptors (Lipinski definition) is 6. The number of aromatic nitrogens is 2. The molecule has 194 valence electrons. The highest BCUT2D eigenvalue weighted by Crippen LogP contribution is 2.35. The number of thioether (sulfide) groups is 1. The molecule has 5 rings (SSSR count). The second-order valence-corrected chi connectivity index (χ2v) is 11.2. The van der Waals surface area contributed by atoms with E-state index in [9.17, 15) is 8.42 Å². The minimum absolute atomic E-state index is 0.188. The van der Waals surface area contributed by atoms with Gasteiger partial charge in [-0.2, -0.15) is 0 Å². The number of rotatable bonds is 9. The number of imidazole rings is 1. The van der Waals surface area contributed by atoms with Gasteiger partial charge in [0.1, 0.15) is 11.5 Å². The van der Waals surface area contributed by atoms with E-state index in [4.69, 9.17) is 19.6 Å². The quantitative estimate of drug-likeness (QED) is 0.224. The molecule has 0 radical (unpaired) electrons. The third kappa shape index (κ3) is 5.40. The maximum atomic E-state index is 12.5. The molecule has 9 heteroatoms. The van der Waals surface area contributed by atoms with Crippen molar-refractivity contribution in [2.24, 2.45) is 5.14 Å². The minimum Gasteiger partial charge on any atom is -0.497 e. The Bertz CT molecular complexity index is 1620. The van der Waals surface area contributed by atoms with Crippen molar-refractivity contribution in [2.75, 3.05) is 20.0 Å². The summed E-state index contributed by atoms with van der Waals surface area (Å²) >= 11 is 1.53. The summed E-state index contributed by atoms with van der Waals surface area (Å²) in [7, 11) is -0.619. The third-order valence-corrected chi connectivity index (χ3v) is 8.21. The molecule has 1 aromatic heterocycles. The molecule has 0 saturated carbocycles. The predicted octanol–water partition coefficient (Wildman–Crippen LogP) is 5.90. The van der Waals surface area contributed by atoms with Gasteiger partial charge in [0.15, 0.2) is 5.16 Å². The fraction of sp³-hybridized carbons (Fsp3) is 0.138. The van der Waals surface area contributed by atoms with Crippen LogP contribution in [0.2, 0.25) is 0 Å². The smallest absolute Gasteiger partial charge is 0.238 e. The van der Waals surface area contributed by atoms with E-state index in [1.54, 1.807) is 20.3 Å². The molecule has 0 aliphatic heterocycles. The zero-order valence-electron chi connectivity index (χ0n) is 21.0. The van der Waals surface area contributed by atoms with Crippen molar-refractivity contribution < 1.29 is 17.9 Å². The fourth-order valence-electron chi connectivity index (χ4n) is 4.42. The topological polar surface area (TPSA) is 107 Å². The summed E-state index contributed by atoms with van der Waals surface area (Å²) in [5.74, 6) is 2.15. The Morgan fingerprint density at radius 2 is 1.47 bits per heavy atom. The van der Waals surface area contributed by atoms with E-state index in [-0.39, 0.29) is 4.90 Å². The van der Waals surface area contributed by atoms with Crippen LogP contribution in [0.5, 0.6) is 11.5 Å². The second-order valence-electron chi connectivity index (χ2n) is 8.64. The van der Waals surface area contributed by atoms with Crippen LogP contribution in [-0.4, -0.2) is 38.4 Å². The van der Waals surface area contributed by atoms with Crippen LogP contribution in [0, 0.1) is 0 Å². The van der Waals surface area contributed by atoms with Crippen molar-refractivity contribution in [2.45, 2.75) is 16.5 Å². The average molecular weight is 546 g/mol. The first-order valence-electron chi connectivity index (χ1n) is 11.9. The molecule has 0 saturated heterocycles. The van der Waals surface area contributed by atoms with E-state index >= 15 is 0 Å². The summed E-state index contributed by atoms with van der Waals surface area (Å²) in [6, 6.07) is 26.7. The van der Waals surface area contributed by atoms with Crippen LogP contribution < -0.4 is 14.6 Å². The normalized spacial score (nSPS) is 11.6. The largest absolute Gasteiger partial charge is 0.497 e. The van der Waals surface area contributed by atoms with E-state index < -0.39 is 10.0 Å². The van der Waals surface area contributed by atoms with Crippen LogP contribution in [0.3, 0.4) is 0 Å². The predicted molar refractivity (Wildman–Crippen MR) is 152 cm³/mol. The number of fused-ring (bicyclic) bond motifs is 1. The lowest BCUT2D eigenvalue weighted by Crippen LogP contribution is -2.15. The number of H-pyrrole nitrogens is 1. The molecule has 0 amide bonds. The standard InChI is InChI=1S/C29H27N3O4S2/c1-35-23-13-9-20(10-14-23)26-27(21-11-15-24(36-2)16-12-21)32-29(31-26)37-18-17-22-8-7-19-5-3-4-6-25(19)28(22)38(30,33)34/h3-16H,17-18H2,1-2H3,(H,31,32)(H2,30,33,34). The molecule has 7 nitrogen and oxygen atoms in total. The minimum atomic E-state index is -3.89. The van der Waals surface area contributed by atoms with E-state index in [0.29, 0.717) is 23.1 Å². The summed E-state index contributed by atoms with van der Waals surface area (Å²) in [6.07, 6.45) is 0.512. The molecule has 1 heterocycles. The number of primary sulfonamides is 1. The lowest BCUT2D eigenvalue weighted by Gasteiger charge is -2.11. The maximum Gasteiger partial charge on any atom is 0.238 e. The molecule has 0 aliphatic rings. The summed E-state index contributed by atoms with van der Waals surface area (Å²) < 4.78 is 35.6. The second kappa shape index (κ2) is 10.9.